The second-order valence-corrected chi connectivity index (χ2v) is 13.5. The summed E-state index contributed by atoms with van der Waals surface area (Å²) in [5, 5.41) is 10.4. The Morgan fingerprint density at radius 1 is 0.846 bits per heavy atom. The number of nitrogens with two attached hydrogens (primary N) is 1. The van der Waals surface area contributed by atoms with Crippen LogP contribution in [0.2, 0.25) is 0 Å². The summed E-state index contributed by atoms with van der Waals surface area (Å²) in [5.41, 5.74) is 0.416. The first-order chi connectivity index (χ1) is 24.7. The molecule has 3 amide bonds. The number of benzene rings is 2. The van der Waals surface area contributed by atoms with Crippen LogP contribution in [0.3, 0.4) is 0 Å². The van der Waals surface area contributed by atoms with E-state index in [9.17, 15) is 40.7 Å². The molecule has 3 aromatic rings. The lowest BCUT2D eigenvalue weighted by atomic mass is 9.96. The van der Waals surface area contributed by atoms with Gasteiger partial charge in [0.25, 0.3) is 0 Å². The van der Waals surface area contributed by atoms with Gasteiger partial charge in [0.05, 0.1) is 22.9 Å². The maximum Gasteiger partial charge on any atom is 0.418 e. The summed E-state index contributed by atoms with van der Waals surface area (Å²) in [4.78, 5) is 48.2. The summed E-state index contributed by atoms with van der Waals surface area (Å²) in [5.74, 6) is -0.211. The number of anilines is 1. The van der Waals surface area contributed by atoms with Crippen molar-refractivity contribution >= 4 is 17.6 Å². The van der Waals surface area contributed by atoms with E-state index in [4.69, 9.17) is 5.73 Å². The maximum absolute atomic E-state index is 14.0. The van der Waals surface area contributed by atoms with Gasteiger partial charge in [0, 0.05) is 57.3 Å². The number of nitrogens with zero attached hydrogens (tertiary/aromatic N) is 5. The lowest BCUT2D eigenvalue weighted by Crippen LogP contribution is -2.59. The predicted molar refractivity (Wildman–Crippen MR) is 179 cm³/mol. The topological polar surface area (TPSA) is 145 Å². The molecule has 3 aliphatic rings. The third-order valence-electron chi connectivity index (χ3n) is 10.1. The summed E-state index contributed by atoms with van der Waals surface area (Å²) in [6, 6.07) is 7.92. The number of halogens is 6. The molecule has 3 aliphatic heterocycles. The fraction of sp³-hybridized carbons (Fsp3) is 0.529. The molecule has 6 rings (SSSR count). The largest absolute Gasteiger partial charge is 0.418 e. The van der Waals surface area contributed by atoms with Crippen LogP contribution in [0.1, 0.15) is 48.4 Å². The Bertz CT molecular complexity index is 1740. The van der Waals surface area contributed by atoms with E-state index < -0.39 is 64.8 Å². The van der Waals surface area contributed by atoms with Crippen LogP contribution in [0.25, 0.3) is 11.4 Å². The van der Waals surface area contributed by atoms with Crippen molar-refractivity contribution in [1.29, 1.82) is 0 Å². The number of nitrogens with one attached hydrogen (secondary N) is 3. The number of likely N-dealkylation sites (tertiary alicyclic amines) is 1. The zero-order valence-electron chi connectivity index (χ0n) is 28.3. The van der Waals surface area contributed by atoms with E-state index in [2.05, 4.69) is 25.6 Å². The van der Waals surface area contributed by atoms with E-state index in [0.29, 0.717) is 49.9 Å². The van der Waals surface area contributed by atoms with Gasteiger partial charge in [-0.15, -0.1) is 5.10 Å². The first-order valence-corrected chi connectivity index (χ1v) is 17.3. The lowest BCUT2D eigenvalue weighted by Gasteiger charge is -2.42. The van der Waals surface area contributed by atoms with Gasteiger partial charge in [-0.25, -0.2) is 14.3 Å². The van der Waals surface area contributed by atoms with Gasteiger partial charge in [0.15, 0.2) is 5.82 Å². The fourth-order valence-corrected chi connectivity index (χ4v) is 7.30. The number of urea groups is 1. The van der Waals surface area contributed by atoms with Gasteiger partial charge in [-0.2, -0.15) is 26.3 Å². The summed E-state index contributed by atoms with van der Waals surface area (Å²) in [6.45, 7) is 3.73. The highest BCUT2D eigenvalue weighted by atomic mass is 19.4. The van der Waals surface area contributed by atoms with Crippen molar-refractivity contribution in [1.82, 2.24) is 40.1 Å². The summed E-state index contributed by atoms with van der Waals surface area (Å²) in [6.07, 6.45) is -8.45. The number of nitrogen functional groups attached to an aromatic ring is 1. The van der Waals surface area contributed by atoms with Gasteiger partial charge in [-0.1, -0.05) is 30.3 Å². The summed E-state index contributed by atoms with van der Waals surface area (Å²) in [7, 11) is 0. The van der Waals surface area contributed by atoms with Crippen molar-refractivity contribution in [3.8, 4) is 11.4 Å². The number of carbonyl (C=O) groups is 2. The number of amides is 3. The molecular formula is C34H41F6N9O3. The van der Waals surface area contributed by atoms with Gasteiger partial charge in [-0.3, -0.25) is 14.7 Å². The van der Waals surface area contributed by atoms with E-state index in [1.54, 1.807) is 12.1 Å². The minimum absolute atomic E-state index is 0.157. The highest BCUT2D eigenvalue weighted by molar-refractivity contribution is 5.87. The molecule has 4 heterocycles. The molecule has 0 aliphatic carbocycles. The normalized spacial score (nSPS) is 19.1. The number of carbonyl (C=O) groups excluding carboxylic acids is 2. The Morgan fingerprint density at radius 3 is 2.02 bits per heavy atom. The molecule has 3 saturated heterocycles. The van der Waals surface area contributed by atoms with E-state index in [1.165, 1.54) is 14.5 Å². The van der Waals surface area contributed by atoms with Crippen molar-refractivity contribution in [3.63, 3.8) is 0 Å². The van der Waals surface area contributed by atoms with Crippen LogP contribution in [0, 0.1) is 0 Å². The number of piperazine rings is 1. The molecule has 0 unspecified atom stereocenters. The molecular weight excluding hydrogens is 696 g/mol. The fourth-order valence-electron chi connectivity index (χ4n) is 7.30. The van der Waals surface area contributed by atoms with Crippen molar-refractivity contribution in [2.45, 2.75) is 62.6 Å². The second-order valence-electron chi connectivity index (χ2n) is 13.5. The summed E-state index contributed by atoms with van der Waals surface area (Å²) >= 11 is 0. The highest BCUT2D eigenvalue weighted by Crippen LogP contribution is 2.42. The maximum atomic E-state index is 14.0. The minimum Gasteiger partial charge on any atom is -0.398 e. The Labute approximate surface area is 295 Å². The third kappa shape index (κ3) is 8.38. The van der Waals surface area contributed by atoms with Crippen LogP contribution in [0.5, 0.6) is 0 Å². The average molecular weight is 738 g/mol. The molecule has 0 saturated carbocycles. The standard InChI is InChI=1S/C34H41F6N9O3/c35-33(36,37)25-18-21(19-26(28(25)41)34(38,39)40)20-27(30(50)47-16-14-46(15-17-47)23-6-10-42-11-7-23)43-31(51)48-12-8-24(9-13-48)49-32(52)44-29(45-49)22-4-2-1-3-5-22/h1-5,18-19,23-24,27,42H,6-17,20,41H2,(H,43,51)(H,44,45,52)/t27-/m1/s1. The molecule has 1 aromatic heterocycles. The van der Waals surface area contributed by atoms with Crippen molar-refractivity contribution < 1.29 is 35.9 Å². The molecule has 2 aromatic carbocycles. The first-order valence-electron chi connectivity index (χ1n) is 17.3. The number of hydrogen-bond acceptors (Lipinski definition) is 7. The minimum atomic E-state index is -5.20. The van der Waals surface area contributed by atoms with Gasteiger partial charge in [0.2, 0.25) is 5.91 Å². The van der Waals surface area contributed by atoms with Gasteiger partial charge < -0.3 is 26.2 Å². The van der Waals surface area contributed by atoms with Gasteiger partial charge in [-0.05, 0) is 56.5 Å². The second kappa shape index (κ2) is 15.2. The third-order valence-corrected chi connectivity index (χ3v) is 10.1. The van der Waals surface area contributed by atoms with Gasteiger partial charge >= 0.3 is 24.1 Å². The number of hydrogen-bond donors (Lipinski definition) is 4. The van der Waals surface area contributed by atoms with E-state index >= 15 is 0 Å². The zero-order valence-corrected chi connectivity index (χ0v) is 28.3. The molecule has 0 spiro atoms. The monoisotopic (exact) mass is 737 g/mol. The SMILES string of the molecule is Nc1c(C(F)(F)F)cc(C[C@@H](NC(=O)N2CCC(n3nc(-c4ccccc4)[nH]c3=O)CC2)C(=O)N2CCN(C3CCNCC3)CC2)cc1C(F)(F)F. The molecule has 5 N–H and O–H groups in total. The number of alkyl halides is 6. The molecule has 52 heavy (non-hydrogen) atoms. The zero-order chi connectivity index (χ0) is 37.2. The van der Waals surface area contributed by atoms with E-state index in [1.807, 2.05) is 18.2 Å². The van der Waals surface area contributed by atoms with Crippen molar-refractivity contribution in [3.05, 3.63) is 69.6 Å². The molecule has 18 heteroatoms. The van der Waals surface area contributed by atoms with Crippen LogP contribution >= 0.6 is 0 Å². The van der Waals surface area contributed by atoms with Crippen molar-refractivity contribution in [2.75, 3.05) is 58.1 Å². The molecule has 282 valence electrons. The molecule has 0 bridgehead atoms. The quantitative estimate of drug-likeness (QED) is 0.214. The summed E-state index contributed by atoms with van der Waals surface area (Å²) < 4.78 is 84.5. The highest BCUT2D eigenvalue weighted by Gasteiger charge is 2.41. The van der Waals surface area contributed by atoms with Crippen molar-refractivity contribution in [2.24, 2.45) is 0 Å². The molecule has 0 radical (unpaired) electrons. The number of H-pyrrole nitrogens is 1. The van der Waals surface area contributed by atoms with Crippen LogP contribution in [0.4, 0.5) is 36.8 Å². The molecule has 12 nitrogen and oxygen atoms in total. The number of piperidine rings is 2. The Kier molecular flexibility index (Phi) is 10.9. The first kappa shape index (κ1) is 37.2. The van der Waals surface area contributed by atoms with Crippen LogP contribution in [-0.4, -0.2) is 106 Å². The lowest BCUT2D eigenvalue weighted by molar-refractivity contribution is -0.141. The van der Waals surface area contributed by atoms with Gasteiger partial charge in [0.1, 0.15) is 6.04 Å². The van der Waals surface area contributed by atoms with Crippen LogP contribution < -0.4 is 22.1 Å². The Hall–Kier alpha value is -4.58. The Morgan fingerprint density at radius 2 is 1.44 bits per heavy atom. The van der Waals surface area contributed by atoms with E-state index in [0.717, 1.165) is 31.5 Å². The predicted octanol–water partition coefficient (Wildman–Crippen LogP) is 3.71. The smallest absolute Gasteiger partial charge is 0.398 e. The number of rotatable bonds is 7. The van der Waals surface area contributed by atoms with Crippen LogP contribution in [-0.2, 0) is 23.6 Å². The Balaban J connectivity index is 1.19. The van der Waals surface area contributed by atoms with E-state index in [-0.39, 0.29) is 32.2 Å². The number of aromatic nitrogens is 3. The molecule has 1 atom stereocenters. The number of aromatic amines is 1. The average Bonchev–Trinajstić information content (AvgIpc) is 3.53. The molecule has 3 fully saturated rings. The van der Waals surface area contributed by atoms with Crippen LogP contribution in [0.15, 0.2) is 47.3 Å².